The molecule has 0 nitrogen and oxygen atoms in total. The van der Waals surface area contributed by atoms with E-state index in [1.165, 1.54) is 11.1 Å². The number of hydrogen-bond acceptors (Lipinski definition) is 0. The highest BCUT2D eigenvalue weighted by Gasteiger charge is 2.24. The maximum atomic E-state index is 4.03. The van der Waals surface area contributed by atoms with E-state index in [0.717, 1.165) is 11.1 Å². The maximum Gasteiger partial charge on any atom is 0.00672 e. The molecule has 0 radical (unpaired) electrons. The second-order valence-corrected chi connectivity index (χ2v) is 3.31. The molecule has 2 rings (SSSR count). The molecular weight excluding hydrogens is 144 g/mol. The fraction of sp³-hybridized carbons (Fsp3) is 0.167. The van der Waals surface area contributed by atoms with E-state index in [2.05, 4.69) is 44.3 Å². The molecule has 12 heavy (non-hydrogen) atoms. The van der Waals surface area contributed by atoms with Gasteiger partial charge in [0.1, 0.15) is 0 Å². The van der Waals surface area contributed by atoms with Gasteiger partial charge in [0.05, 0.1) is 0 Å². The molecule has 0 saturated carbocycles. The van der Waals surface area contributed by atoms with E-state index in [1.807, 2.05) is 0 Å². The standard InChI is InChI=1S/C12H12/c1-8-9(2)11-6-4-5-7-12(11)10(8)3/h4-7,10H,1-2H2,3H3. The van der Waals surface area contributed by atoms with E-state index in [9.17, 15) is 0 Å². The highest BCUT2D eigenvalue weighted by atomic mass is 14.3. The molecule has 0 aliphatic heterocycles. The van der Waals surface area contributed by atoms with Crippen molar-refractivity contribution in [2.75, 3.05) is 0 Å². The minimum absolute atomic E-state index is 0.452. The van der Waals surface area contributed by atoms with Gasteiger partial charge in [-0.3, -0.25) is 0 Å². The van der Waals surface area contributed by atoms with Crippen molar-refractivity contribution in [1.29, 1.82) is 0 Å². The Morgan fingerprint density at radius 1 is 1.17 bits per heavy atom. The number of benzene rings is 1. The Balaban J connectivity index is 2.67. The van der Waals surface area contributed by atoms with Crippen molar-refractivity contribution < 1.29 is 0 Å². The van der Waals surface area contributed by atoms with Crippen LogP contribution in [0.4, 0.5) is 0 Å². The van der Waals surface area contributed by atoms with Crippen LogP contribution in [0.2, 0.25) is 0 Å². The van der Waals surface area contributed by atoms with Crippen LogP contribution >= 0.6 is 0 Å². The summed E-state index contributed by atoms with van der Waals surface area (Å²) in [5.41, 5.74) is 4.91. The van der Waals surface area contributed by atoms with Crippen molar-refractivity contribution in [3.8, 4) is 0 Å². The molecule has 0 heteroatoms. The monoisotopic (exact) mass is 156 g/mol. The van der Waals surface area contributed by atoms with Gasteiger partial charge in [-0.15, -0.1) is 0 Å². The lowest BCUT2D eigenvalue weighted by atomic mass is 10.0. The SMILES string of the molecule is C=C1C(=C)C(C)c2ccccc21. The smallest absolute Gasteiger partial charge is 0.00672 e. The zero-order valence-electron chi connectivity index (χ0n) is 7.30. The summed E-state index contributed by atoms with van der Waals surface area (Å²) >= 11 is 0. The van der Waals surface area contributed by atoms with Gasteiger partial charge in [0.25, 0.3) is 0 Å². The first kappa shape index (κ1) is 7.35. The third-order valence-electron chi connectivity index (χ3n) is 2.66. The number of allylic oxidation sites excluding steroid dienone is 2. The molecule has 1 aliphatic rings. The summed E-state index contributed by atoms with van der Waals surface area (Å²) in [7, 11) is 0. The molecule has 0 bridgehead atoms. The van der Waals surface area contributed by atoms with Crippen LogP contribution in [0.5, 0.6) is 0 Å². The first-order valence-corrected chi connectivity index (χ1v) is 4.19. The summed E-state index contributed by atoms with van der Waals surface area (Å²) < 4.78 is 0. The van der Waals surface area contributed by atoms with Gasteiger partial charge in [0.2, 0.25) is 0 Å². The Morgan fingerprint density at radius 3 is 2.50 bits per heavy atom. The fourth-order valence-electron chi connectivity index (χ4n) is 1.77. The summed E-state index contributed by atoms with van der Waals surface area (Å²) in [4.78, 5) is 0. The molecule has 0 fully saturated rings. The predicted molar refractivity (Wildman–Crippen MR) is 53.0 cm³/mol. The van der Waals surface area contributed by atoms with Crippen molar-refractivity contribution in [3.63, 3.8) is 0 Å². The molecule has 1 aromatic rings. The van der Waals surface area contributed by atoms with Gasteiger partial charge in [-0.1, -0.05) is 44.3 Å². The predicted octanol–water partition coefficient (Wildman–Crippen LogP) is 3.37. The van der Waals surface area contributed by atoms with E-state index in [-0.39, 0.29) is 0 Å². The van der Waals surface area contributed by atoms with Crippen LogP contribution in [0.25, 0.3) is 5.57 Å². The zero-order chi connectivity index (χ0) is 8.72. The first-order chi connectivity index (χ1) is 5.72. The van der Waals surface area contributed by atoms with E-state index >= 15 is 0 Å². The number of rotatable bonds is 0. The second kappa shape index (κ2) is 2.34. The van der Waals surface area contributed by atoms with E-state index in [0.29, 0.717) is 5.92 Å². The van der Waals surface area contributed by atoms with Crippen LogP contribution < -0.4 is 0 Å². The molecule has 1 unspecified atom stereocenters. The van der Waals surface area contributed by atoms with Crippen molar-refractivity contribution in [2.24, 2.45) is 0 Å². The van der Waals surface area contributed by atoms with Crippen LogP contribution in [0.15, 0.2) is 43.0 Å². The summed E-state index contributed by atoms with van der Waals surface area (Å²) in [6.45, 7) is 10.2. The molecule has 1 aliphatic carbocycles. The molecule has 0 heterocycles. The largest absolute Gasteiger partial charge is 0.0946 e. The molecule has 0 N–H and O–H groups in total. The van der Waals surface area contributed by atoms with Gasteiger partial charge in [0, 0.05) is 5.92 Å². The Labute approximate surface area is 73.2 Å². The highest BCUT2D eigenvalue weighted by Crippen LogP contribution is 2.42. The fourth-order valence-corrected chi connectivity index (χ4v) is 1.77. The van der Waals surface area contributed by atoms with Gasteiger partial charge in [-0.25, -0.2) is 0 Å². The van der Waals surface area contributed by atoms with Gasteiger partial charge >= 0.3 is 0 Å². The summed E-state index contributed by atoms with van der Waals surface area (Å²) in [5.74, 6) is 0.452. The zero-order valence-corrected chi connectivity index (χ0v) is 7.30. The number of hydrogen-bond donors (Lipinski definition) is 0. The highest BCUT2D eigenvalue weighted by molar-refractivity contribution is 5.85. The minimum atomic E-state index is 0.452. The lowest BCUT2D eigenvalue weighted by molar-refractivity contribution is 0.963. The summed E-state index contributed by atoms with van der Waals surface area (Å²) in [5, 5.41) is 0. The topological polar surface area (TPSA) is 0 Å². The van der Waals surface area contributed by atoms with Crippen LogP contribution in [0, 0.1) is 0 Å². The molecule has 60 valence electrons. The Morgan fingerprint density at radius 2 is 1.83 bits per heavy atom. The van der Waals surface area contributed by atoms with Gasteiger partial charge < -0.3 is 0 Å². The summed E-state index contributed by atoms with van der Waals surface area (Å²) in [6, 6.07) is 8.40. The number of fused-ring (bicyclic) bond motifs is 1. The maximum absolute atomic E-state index is 4.03. The van der Waals surface area contributed by atoms with Crippen molar-refractivity contribution in [2.45, 2.75) is 12.8 Å². The van der Waals surface area contributed by atoms with E-state index in [4.69, 9.17) is 0 Å². The second-order valence-electron chi connectivity index (χ2n) is 3.31. The minimum Gasteiger partial charge on any atom is -0.0946 e. The average molecular weight is 156 g/mol. The lowest BCUT2D eigenvalue weighted by Gasteiger charge is -2.02. The first-order valence-electron chi connectivity index (χ1n) is 4.19. The van der Waals surface area contributed by atoms with E-state index in [1.54, 1.807) is 0 Å². The Kier molecular flexibility index (Phi) is 1.44. The van der Waals surface area contributed by atoms with Crippen molar-refractivity contribution in [1.82, 2.24) is 0 Å². The molecule has 0 amide bonds. The third kappa shape index (κ3) is 0.781. The van der Waals surface area contributed by atoms with Gasteiger partial charge in [0.15, 0.2) is 0 Å². The Bertz CT molecular complexity index is 358. The quantitative estimate of drug-likeness (QED) is 0.540. The molecule has 0 aromatic heterocycles. The molecule has 1 aromatic carbocycles. The van der Waals surface area contributed by atoms with Crippen LogP contribution in [-0.4, -0.2) is 0 Å². The molecule has 0 spiro atoms. The molecule has 0 saturated heterocycles. The lowest BCUT2D eigenvalue weighted by Crippen LogP contribution is -1.86. The third-order valence-corrected chi connectivity index (χ3v) is 2.66. The van der Waals surface area contributed by atoms with Crippen LogP contribution in [0.1, 0.15) is 24.0 Å². The normalized spacial score (nSPS) is 21.2. The Hall–Kier alpha value is -1.30. The van der Waals surface area contributed by atoms with Crippen molar-refractivity contribution in [3.05, 3.63) is 54.1 Å². The molecule has 1 atom stereocenters. The van der Waals surface area contributed by atoms with Gasteiger partial charge in [-0.2, -0.15) is 0 Å². The van der Waals surface area contributed by atoms with E-state index < -0.39 is 0 Å². The van der Waals surface area contributed by atoms with Crippen molar-refractivity contribution >= 4 is 5.57 Å². The summed E-state index contributed by atoms with van der Waals surface area (Å²) in [6.07, 6.45) is 0. The average Bonchev–Trinajstić information content (AvgIpc) is 2.33. The molecular formula is C12H12. The van der Waals surface area contributed by atoms with Crippen LogP contribution in [0.3, 0.4) is 0 Å². The van der Waals surface area contributed by atoms with Gasteiger partial charge in [-0.05, 0) is 22.3 Å². The van der Waals surface area contributed by atoms with Crippen LogP contribution in [-0.2, 0) is 0 Å².